The number of carboxylic acid groups (broad SMARTS) is 1. The molecule has 0 saturated carbocycles. The van der Waals surface area contributed by atoms with Gasteiger partial charge in [-0.15, -0.1) is 0 Å². The van der Waals surface area contributed by atoms with Gasteiger partial charge in [0.05, 0.1) is 11.0 Å². The second-order valence-electron chi connectivity index (χ2n) is 4.64. The first-order valence-electron chi connectivity index (χ1n) is 6.07. The third-order valence-electron chi connectivity index (χ3n) is 3.13. The maximum atomic E-state index is 11.0. The minimum Gasteiger partial charge on any atom is -0.487 e. The zero-order valence-electron chi connectivity index (χ0n) is 10.5. The summed E-state index contributed by atoms with van der Waals surface area (Å²) in [4.78, 5) is 12.4. The van der Waals surface area contributed by atoms with Crippen LogP contribution in [-0.2, 0) is 0 Å². The molecule has 0 unspecified atom stereocenters. The van der Waals surface area contributed by atoms with E-state index in [0.29, 0.717) is 18.1 Å². The van der Waals surface area contributed by atoms with Crippen molar-refractivity contribution in [1.82, 2.24) is 4.90 Å². The van der Waals surface area contributed by atoms with Crippen LogP contribution in [0.3, 0.4) is 0 Å². The number of nitrogens with zero attached hydrogens (tertiary/aromatic N) is 1. The molecule has 1 aromatic carbocycles. The van der Waals surface area contributed by atoms with E-state index in [2.05, 4.69) is 15.9 Å². The first kappa shape index (κ1) is 14.5. The zero-order valence-corrected chi connectivity index (χ0v) is 12.9. The highest BCUT2D eigenvalue weighted by atomic mass is 79.9. The summed E-state index contributed by atoms with van der Waals surface area (Å²) < 4.78 is 6.74. The predicted octanol–water partition coefficient (Wildman–Crippen LogP) is 3.93. The number of hydrogen-bond donors (Lipinski definition) is 1. The molecule has 1 atom stereocenters. The van der Waals surface area contributed by atoms with E-state index in [4.69, 9.17) is 21.4 Å². The molecule has 0 aliphatic carbocycles. The molecule has 19 heavy (non-hydrogen) atoms. The molecule has 4 nitrogen and oxygen atoms in total. The second-order valence-corrected chi connectivity index (χ2v) is 5.94. The quantitative estimate of drug-likeness (QED) is 0.881. The smallest absolute Gasteiger partial charge is 0.407 e. The lowest BCUT2D eigenvalue weighted by Crippen LogP contribution is -2.43. The van der Waals surface area contributed by atoms with E-state index in [9.17, 15) is 4.79 Å². The van der Waals surface area contributed by atoms with E-state index in [-0.39, 0.29) is 6.10 Å². The SMILES string of the molecule is Cc1cc(Cl)cc(Br)c1O[C@H]1CCCN(C(=O)O)C1. The Morgan fingerprint density at radius 2 is 2.32 bits per heavy atom. The van der Waals surface area contributed by atoms with Gasteiger partial charge in [-0.1, -0.05) is 11.6 Å². The molecule has 0 bridgehead atoms. The average molecular weight is 349 g/mol. The number of halogens is 2. The van der Waals surface area contributed by atoms with Crippen molar-refractivity contribution in [3.8, 4) is 5.75 Å². The molecule has 1 amide bonds. The molecule has 1 N–H and O–H groups in total. The monoisotopic (exact) mass is 347 g/mol. The summed E-state index contributed by atoms with van der Waals surface area (Å²) in [6.45, 7) is 2.91. The Balaban J connectivity index is 2.11. The first-order chi connectivity index (χ1) is 8.97. The highest BCUT2D eigenvalue weighted by molar-refractivity contribution is 9.10. The van der Waals surface area contributed by atoms with Crippen LogP contribution in [-0.4, -0.2) is 35.3 Å². The van der Waals surface area contributed by atoms with E-state index in [0.717, 1.165) is 28.6 Å². The van der Waals surface area contributed by atoms with E-state index in [1.807, 2.05) is 13.0 Å². The Hall–Kier alpha value is -0.940. The molecule has 0 radical (unpaired) electrons. The summed E-state index contributed by atoms with van der Waals surface area (Å²) in [7, 11) is 0. The number of amides is 1. The van der Waals surface area contributed by atoms with Gasteiger partial charge in [-0.3, -0.25) is 0 Å². The molecule has 1 fully saturated rings. The summed E-state index contributed by atoms with van der Waals surface area (Å²) in [5.41, 5.74) is 0.937. The predicted molar refractivity (Wildman–Crippen MR) is 77.1 cm³/mol. The summed E-state index contributed by atoms with van der Waals surface area (Å²) in [6.07, 6.45) is 0.681. The van der Waals surface area contributed by atoms with Crippen molar-refractivity contribution < 1.29 is 14.6 Å². The first-order valence-corrected chi connectivity index (χ1v) is 7.24. The van der Waals surface area contributed by atoms with Gasteiger partial charge in [0.15, 0.2) is 0 Å². The van der Waals surface area contributed by atoms with Crippen LogP contribution < -0.4 is 4.74 Å². The van der Waals surface area contributed by atoms with Crippen molar-refractivity contribution in [3.63, 3.8) is 0 Å². The highest BCUT2D eigenvalue weighted by Gasteiger charge is 2.25. The maximum absolute atomic E-state index is 11.0. The van der Waals surface area contributed by atoms with Crippen LogP contribution in [0.5, 0.6) is 5.75 Å². The number of carbonyl (C=O) groups is 1. The number of piperidine rings is 1. The molecule has 1 heterocycles. The molecule has 1 aliphatic heterocycles. The molecular formula is C13H15BrClNO3. The third kappa shape index (κ3) is 3.54. The van der Waals surface area contributed by atoms with E-state index >= 15 is 0 Å². The summed E-state index contributed by atoms with van der Waals surface area (Å²) >= 11 is 9.39. The van der Waals surface area contributed by atoms with Crippen LogP contribution in [0.4, 0.5) is 4.79 Å². The number of hydrogen-bond acceptors (Lipinski definition) is 2. The van der Waals surface area contributed by atoms with Crippen LogP contribution in [0, 0.1) is 6.92 Å². The van der Waals surface area contributed by atoms with Gasteiger partial charge in [-0.05, 0) is 53.4 Å². The number of ether oxygens (including phenoxy) is 1. The van der Waals surface area contributed by atoms with Gasteiger partial charge in [0, 0.05) is 11.6 Å². The van der Waals surface area contributed by atoms with E-state index < -0.39 is 6.09 Å². The fourth-order valence-corrected chi connectivity index (χ4v) is 3.27. The van der Waals surface area contributed by atoms with Gasteiger partial charge in [-0.2, -0.15) is 0 Å². The van der Waals surface area contributed by atoms with E-state index in [1.165, 1.54) is 4.90 Å². The standard InChI is InChI=1S/C13H15BrClNO3/c1-8-5-9(15)6-11(14)12(8)19-10-3-2-4-16(7-10)13(17)18/h5-6,10H,2-4,7H2,1H3,(H,17,18)/t10-/m0/s1. The van der Waals surface area contributed by atoms with Gasteiger partial charge in [0.2, 0.25) is 0 Å². The fourth-order valence-electron chi connectivity index (χ4n) is 2.21. The van der Waals surface area contributed by atoms with Crippen LogP contribution >= 0.6 is 27.5 Å². The Kier molecular flexibility index (Phi) is 4.58. The highest BCUT2D eigenvalue weighted by Crippen LogP contribution is 2.33. The van der Waals surface area contributed by atoms with Crippen LogP contribution in [0.25, 0.3) is 0 Å². The van der Waals surface area contributed by atoms with Crippen molar-refractivity contribution >= 4 is 33.6 Å². The van der Waals surface area contributed by atoms with Crippen molar-refractivity contribution in [2.45, 2.75) is 25.9 Å². The maximum Gasteiger partial charge on any atom is 0.407 e. The topological polar surface area (TPSA) is 49.8 Å². The van der Waals surface area contributed by atoms with Crippen LogP contribution in [0.15, 0.2) is 16.6 Å². The Morgan fingerprint density at radius 1 is 1.58 bits per heavy atom. The van der Waals surface area contributed by atoms with Gasteiger partial charge in [-0.25, -0.2) is 4.79 Å². The average Bonchev–Trinajstić information content (AvgIpc) is 2.34. The summed E-state index contributed by atoms with van der Waals surface area (Å²) in [5, 5.41) is 9.66. The molecule has 6 heteroatoms. The number of aryl methyl sites for hydroxylation is 1. The summed E-state index contributed by atoms with van der Waals surface area (Å²) in [6, 6.07) is 3.61. The van der Waals surface area contributed by atoms with Crippen molar-refractivity contribution in [2.75, 3.05) is 13.1 Å². The Morgan fingerprint density at radius 3 is 2.95 bits per heavy atom. The third-order valence-corrected chi connectivity index (χ3v) is 3.93. The molecular weight excluding hydrogens is 334 g/mol. The zero-order chi connectivity index (χ0) is 14.0. The molecule has 104 valence electrons. The molecule has 1 saturated heterocycles. The van der Waals surface area contributed by atoms with Gasteiger partial charge in [0.25, 0.3) is 0 Å². The van der Waals surface area contributed by atoms with Crippen molar-refractivity contribution in [2.24, 2.45) is 0 Å². The van der Waals surface area contributed by atoms with Crippen LogP contribution in [0.2, 0.25) is 5.02 Å². The van der Waals surface area contributed by atoms with Crippen molar-refractivity contribution in [3.05, 3.63) is 27.2 Å². The van der Waals surface area contributed by atoms with Crippen molar-refractivity contribution in [1.29, 1.82) is 0 Å². The fraction of sp³-hybridized carbons (Fsp3) is 0.462. The number of benzene rings is 1. The Labute approximate surface area is 125 Å². The molecule has 0 spiro atoms. The molecule has 1 aliphatic rings. The Bertz CT molecular complexity index is 472. The molecule has 1 aromatic rings. The minimum absolute atomic E-state index is 0.110. The normalized spacial score (nSPS) is 19.3. The lowest BCUT2D eigenvalue weighted by atomic mass is 10.1. The lowest BCUT2D eigenvalue weighted by Gasteiger charge is -2.31. The lowest BCUT2D eigenvalue weighted by molar-refractivity contribution is 0.0784. The summed E-state index contributed by atoms with van der Waals surface area (Å²) in [5.74, 6) is 0.738. The van der Waals surface area contributed by atoms with Crippen LogP contribution in [0.1, 0.15) is 18.4 Å². The van der Waals surface area contributed by atoms with Gasteiger partial charge < -0.3 is 14.7 Å². The molecule has 2 rings (SSSR count). The van der Waals surface area contributed by atoms with Gasteiger partial charge >= 0.3 is 6.09 Å². The van der Waals surface area contributed by atoms with E-state index in [1.54, 1.807) is 6.07 Å². The van der Waals surface area contributed by atoms with Gasteiger partial charge in [0.1, 0.15) is 11.9 Å². The molecule has 0 aromatic heterocycles. The number of rotatable bonds is 2. The largest absolute Gasteiger partial charge is 0.487 e. The minimum atomic E-state index is -0.889. The number of likely N-dealkylation sites (tertiary alicyclic amines) is 1. The second kappa shape index (κ2) is 6.01.